The van der Waals surface area contributed by atoms with E-state index in [0.29, 0.717) is 30.8 Å². The molecule has 7 nitrogen and oxygen atoms in total. The first-order chi connectivity index (χ1) is 12.6. The number of rotatable bonds is 4. The van der Waals surface area contributed by atoms with Gasteiger partial charge < -0.3 is 15.1 Å². The van der Waals surface area contributed by atoms with Crippen molar-refractivity contribution in [2.75, 3.05) is 11.9 Å². The van der Waals surface area contributed by atoms with Crippen LogP contribution in [0.5, 0.6) is 0 Å². The van der Waals surface area contributed by atoms with Gasteiger partial charge in [0.25, 0.3) is 5.89 Å². The van der Waals surface area contributed by atoms with Crippen LogP contribution in [0.25, 0.3) is 11.5 Å². The standard InChI is InChI=1S/C19H25N5O2/c1-12-5-7-13(8-6-12)22-15-14(4-3-10-20-15)16-23-24-18(26-16)19(2)9-11-21-17(19)25/h3-4,10,12-13H,5-9,11H2,1-2H3,(H,20,22)(H,21,25). The first-order valence-electron chi connectivity index (χ1n) is 9.40. The van der Waals surface area contributed by atoms with Gasteiger partial charge in [0.05, 0.1) is 5.56 Å². The molecule has 1 saturated heterocycles. The van der Waals surface area contributed by atoms with Crippen molar-refractivity contribution in [2.24, 2.45) is 5.92 Å². The summed E-state index contributed by atoms with van der Waals surface area (Å²) >= 11 is 0. The maximum atomic E-state index is 12.1. The van der Waals surface area contributed by atoms with E-state index in [2.05, 4.69) is 32.7 Å². The molecule has 2 aromatic rings. The summed E-state index contributed by atoms with van der Waals surface area (Å²) in [5, 5.41) is 14.7. The second kappa shape index (κ2) is 6.70. The van der Waals surface area contributed by atoms with Crippen LogP contribution in [-0.4, -0.2) is 33.7 Å². The molecule has 4 rings (SSSR count). The zero-order valence-corrected chi connectivity index (χ0v) is 15.3. The Kier molecular flexibility index (Phi) is 4.38. The highest BCUT2D eigenvalue weighted by molar-refractivity contribution is 5.88. The largest absolute Gasteiger partial charge is 0.419 e. The van der Waals surface area contributed by atoms with Gasteiger partial charge >= 0.3 is 0 Å². The number of nitrogens with zero attached hydrogens (tertiary/aromatic N) is 3. The SMILES string of the molecule is CC1CCC(Nc2ncccc2-c2nnc(C3(C)CCNC3=O)o2)CC1. The predicted molar refractivity (Wildman–Crippen MR) is 97.6 cm³/mol. The van der Waals surface area contributed by atoms with E-state index < -0.39 is 5.41 Å². The van der Waals surface area contributed by atoms with Crippen LogP contribution in [0, 0.1) is 5.92 Å². The van der Waals surface area contributed by atoms with Gasteiger partial charge in [0.2, 0.25) is 11.8 Å². The Morgan fingerprint density at radius 3 is 2.81 bits per heavy atom. The minimum atomic E-state index is -0.749. The van der Waals surface area contributed by atoms with Gasteiger partial charge in [-0.25, -0.2) is 4.98 Å². The van der Waals surface area contributed by atoms with E-state index in [0.717, 1.165) is 30.1 Å². The molecule has 2 aliphatic rings. The first-order valence-corrected chi connectivity index (χ1v) is 9.40. The second-order valence-electron chi connectivity index (χ2n) is 7.75. The number of carbonyl (C=O) groups excluding carboxylic acids is 1. The Hall–Kier alpha value is -2.44. The van der Waals surface area contributed by atoms with Gasteiger partial charge in [0.1, 0.15) is 11.2 Å². The molecule has 0 aromatic carbocycles. The molecule has 1 amide bonds. The van der Waals surface area contributed by atoms with Crippen LogP contribution < -0.4 is 10.6 Å². The van der Waals surface area contributed by atoms with Gasteiger partial charge in [0, 0.05) is 18.8 Å². The van der Waals surface area contributed by atoms with E-state index in [1.54, 1.807) is 6.20 Å². The first kappa shape index (κ1) is 17.0. The summed E-state index contributed by atoms with van der Waals surface area (Å²) in [6.07, 6.45) is 7.18. The van der Waals surface area contributed by atoms with E-state index in [4.69, 9.17) is 4.42 Å². The lowest BCUT2D eigenvalue weighted by Gasteiger charge is -2.27. The van der Waals surface area contributed by atoms with Crippen LogP contribution in [0.4, 0.5) is 5.82 Å². The normalized spacial score (nSPS) is 28.8. The zero-order chi connectivity index (χ0) is 18.1. The number of nitrogens with one attached hydrogen (secondary N) is 2. The summed E-state index contributed by atoms with van der Waals surface area (Å²) in [7, 11) is 0. The lowest BCUT2D eigenvalue weighted by molar-refractivity contribution is -0.124. The molecule has 26 heavy (non-hydrogen) atoms. The van der Waals surface area contributed by atoms with Crippen molar-refractivity contribution < 1.29 is 9.21 Å². The zero-order valence-electron chi connectivity index (χ0n) is 15.3. The smallest absolute Gasteiger partial charge is 0.251 e. The molecule has 0 bridgehead atoms. The average Bonchev–Trinajstić information content (AvgIpc) is 3.26. The fourth-order valence-electron chi connectivity index (χ4n) is 3.78. The Bertz CT molecular complexity index is 797. The molecule has 1 unspecified atom stereocenters. The Morgan fingerprint density at radius 1 is 1.27 bits per heavy atom. The van der Waals surface area contributed by atoms with Crippen molar-refractivity contribution in [3.05, 3.63) is 24.2 Å². The molecular formula is C19H25N5O2. The molecule has 2 fully saturated rings. The van der Waals surface area contributed by atoms with Gasteiger partial charge in [-0.3, -0.25) is 4.79 Å². The molecule has 1 atom stereocenters. The van der Waals surface area contributed by atoms with Crippen molar-refractivity contribution in [3.8, 4) is 11.5 Å². The van der Waals surface area contributed by atoms with Gasteiger partial charge in [-0.1, -0.05) is 6.92 Å². The van der Waals surface area contributed by atoms with Crippen LogP contribution >= 0.6 is 0 Å². The third kappa shape index (κ3) is 3.06. The molecule has 7 heteroatoms. The maximum Gasteiger partial charge on any atom is 0.251 e. The van der Waals surface area contributed by atoms with E-state index in [1.165, 1.54) is 12.8 Å². The molecule has 0 spiro atoms. The molecule has 3 heterocycles. The monoisotopic (exact) mass is 355 g/mol. The summed E-state index contributed by atoms with van der Waals surface area (Å²) < 4.78 is 5.91. The van der Waals surface area contributed by atoms with Crippen molar-refractivity contribution >= 4 is 11.7 Å². The lowest BCUT2D eigenvalue weighted by Crippen LogP contribution is -2.32. The number of amides is 1. The summed E-state index contributed by atoms with van der Waals surface area (Å²) in [6.45, 7) is 4.78. The fraction of sp³-hybridized carbons (Fsp3) is 0.579. The summed E-state index contributed by atoms with van der Waals surface area (Å²) in [6, 6.07) is 4.20. The minimum absolute atomic E-state index is 0.0615. The highest BCUT2D eigenvalue weighted by atomic mass is 16.4. The van der Waals surface area contributed by atoms with Crippen LogP contribution in [0.1, 0.15) is 51.8 Å². The molecule has 1 saturated carbocycles. The molecular weight excluding hydrogens is 330 g/mol. The van der Waals surface area contributed by atoms with Crippen LogP contribution in [-0.2, 0) is 10.2 Å². The number of aromatic nitrogens is 3. The van der Waals surface area contributed by atoms with E-state index in [-0.39, 0.29) is 5.91 Å². The van der Waals surface area contributed by atoms with Crippen molar-refractivity contribution in [1.29, 1.82) is 0 Å². The van der Waals surface area contributed by atoms with E-state index >= 15 is 0 Å². The summed E-state index contributed by atoms with van der Waals surface area (Å²) in [5.74, 6) is 2.27. The lowest BCUT2D eigenvalue weighted by atomic mass is 9.87. The van der Waals surface area contributed by atoms with Crippen molar-refractivity contribution in [3.63, 3.8) is 0 Å². The molecule has 2 aromatic heterocycles. The molecule has 1 aliphatic carbocycles. The quantitative estimate of drug-likeness (QED) is 0.876. The van der Waals surface area contributed by atoms with Gasteiger partial charge in [0.15, 0.2) is 0 Å². The third-order valence-corrected chi connectivity index (χ3v) is 5.70. The van der Waals surface area contributed by atoms with Crippen molar-refractivity contribution in [2.45, 2.75) is 57.4 Å². The molecule has 138 valence electrons. The van der Waals surface area contributed by atoms with Crippen molar-refractivity contribution in [1.82, 2.24) is 20.5 Å². The average molecular weight is 355 g/mol. The number of carbonyl (C=O) groups is 1. The minimum Gasteiger partial charge on any atom is -0.419 e. The van der Waals surface area contributed by atoms with Crippen LogP contribution in [0.15, 0.2) is 22.7 Å². The van der Waals surface area contributed by atoms with Gasteiger partial charge in [-0.15, -0.1) is 10.2 Å². The molecule has 1 aliphatic heterocycles. The fourth-order valence-corrected chi connectivity index (χ4v) is 3.78. The summed E-state index contributed by atoms with van der Waals surface area (Å²) in [4.78, 5) is 16.6. The Labute approximate surface area is 153 Å². The summed E-state index contributed by atoms with van der Waals surface area (Å²) in [5.41, 5.74) is 0.0347. The number of hydrogen-bond acceptors (Lipinski definition) is 6. The maximum absolute atomic E-state index is 12.1. The van der Waals surface area contributed by atoms with Gasteiger partial charge in [-0.2, -0.15) is 0 Å². The topological polar surface area (TPSA) is 92.9 Å². The molecule has 0 radical (unpaired) electrons. The van der Waals surface area contributed by atoms with Gasteiger partial charge in [-0.05, 0) is 57.1 Å². The third-order valence-electron chi connectivity index (χ3n) is 5.70. The predicted octanol–water partition coefficient (Wildman–Crippen LogP) is 2.90. The van der Waals surface area contributed by atoms with E-state index in [9.17, 15) is 4.79 Å². The number of anilines is 1. The van der Waals surface area contributed by atoms with Crippen LogP contribution in [0.3, 0.4) is 0 Å². The number of hydrogen-bond donors (Lipinski definition) is 2. The highest BCUT2D eigenvalue weighted by Crippen LogP contribution is 2.34. The number of pyridine rings is 1. The highest BCUT2D eigenvalue weighted by Gasteiger charge is 2.44. The van der Waals surface area contributed by atoms with Crippen LogP contribution in [0.2, 0.25) is 0 Å². The Balaban J connectivity index is 1.58. The molecule has 2 N–H and O–H groups in total. The van der Waals surface area contributed by atoms with E-state index in [1.807, 2.05) is 19.1 Å². The second-order valence-corrected chi connectivity index (χ2v) is 7.75. The Morgan fingerprint density at radius 2 is 2.08 bits per heavy atom.